The molecule has 2 N–H and O–H groups in total. The number of rotatable bonds is 4. The van der Waals surface area contributed by atoms with Crippen LogP contribution in [0.25, 0.3) is 0 Å². The Morgan fingerprint density at radius 3 is 2.70 bits per heavy atom. The smallest absolute Gasteiger partial charge is 0.256 e. The van der Waals surface area contributed by atoms with Crippen LogP contribution in [0.2, 0.25) is 0 Å². The van der Waals surface area contributed by atoms with Crippen LogP contribution in [0.4, 0.5) is 5.69 Å². The molecule has 0 bridgehead atoms. The molecule has 2 aliphatic rings. The van der Waals surface area contributed by atoms with E-state index in [-0.39, 0.29) is 36.0 Å². The first-order valence-electron chi connectivity index (χ1n) is 8.71. The minimum atomic E-state index is -3.48. The zero-order chi connectivity index (χ0) is 18.7. The predicted octanol–water partition coefficient (Wildman–Crippen LogP) is 0.516. The average molecular weight is 417 g/mol. The van der Waals surface area contributed by atoms with Gasteiger partial charge in [-0.2, -0.15) is 0 Å². The molecule has 1 unspecified atom stereocenters. The maximum Gasteiger partial charge on any atom is 0.256 e. The summed E-state index contributed by atoms with van der Waals surface area (Å²) in [6.07, 6.45) is 2.75. The summed E-state index contributed by atoms with van der Waals surface area (Å²) in [5.74, 6) is -0.154. The number of hydrogen-bond acceptors (Lipinski definition) is 5. The van der Waals surface area contributed by atoms with E-state index in [4.69, 9.17) is 0 Å². The number of carbonyl (C=O) groups excluding carboxylic acids is 2. The number of carbonyl (C=O) groups is 2. The van der Waals surface area contributed by atoms with Gasteiger partial charge in [0.15, 0.2) is 0 Å². The minimum Gasteiger partial charge on any atom is -0.337 e. The third-order valence-corrected chi connectivity index (χ3v) is 5.29. The molecule has 3 rings (SSSR count). The molecule has 0 spiro atoms. The molecule has 0 aromatic heterocycles. The van der Waals surface area contributed by atoms with Gasteiger partial charge in [-0.15, -0.1) is 12.4 Å². The van der Waals surface area contributed by atoms with Gasteiger partial charge in [-0.05, 0) is 25.0 Å². The lowest BCUT2D eigenvalue weighted by Gasteiger charge is -2.41. The fourth-order valence-corrected chi connectivity index (χ4v) is 4.11. The standard InChI is InChI=1S/C17H24N4O4S.ClH/c1-26(24,25)19-15-7-3-2-6-14(15)17(23)20-9-4-5-13(12-20)21-10-8-18-11-16(21)22;/h2-3,6-7,13,18-19H,4-5,8-12H2,1H3;1H. The summed E-state index contributed by atoms with van der Waals surface area (Å²) in [4.78, 5) is 28.7. The van der Waals surface area contributed by atoms with Crippen LogP contribution in [0.3, 0.4) is 0 Å². The Morgan fingerprint density at radius 1 is 1.26 bits per heavy atom. The number of para-hydroxylation sites is 1. The first kappa shape index (κ1) is 21.5. The normalized spacial score (nSPS) is 20.8. The summed E-state index contributed by atoms with van der Waals surface area (Å²) in [5.41, 5.74) is 0.602. The molecule has 2 saturated heterocycles. The highest BCUT2D eigenvalue weighted by Gasteiger charge is 2.32. The lowest BCUT2D eigenvalue weighted by Crippen LogP contribution is -2.57. The summed E-state index contributed by atoms with van der Waals surface area (Å²) in [5, 5.41) is 3.06. The van der Waals surface area contributed by atoms with Gasteiger partial charge >= 0.3 is 0 Å². The van der Waals surface area contributed by atoms with Crippen molar-refractivity contribution in [1.82, 2.24) is 15.1 Å². The van der Waals surface area contributed by atoms with Crippen LogP contribution in [0.5, 0.6) is 0 Å². The van der Waals surface area contributed by atoms with Crippen LogP contribution < -0.4 is 10.0 Å². The molecule has 0 aliphatic carbocycles. The van der Waals surface area contributed by atoms with Crippen molar-refractivity contribution in [1.29, 1.82) is 0 Å². The Bertz CT molecular complexity index is 802. The highest BCUT2D eigenvalue weighted by molar-refractivity contribution is 7.92. The fourth-order valence-electron chi connectivity index (χ4n) is 3.53. The van der Waals surface area contributed by atoms with Gasteiger partial charge in [0.25, 0.3) is 5.91 Å². The largest absolute Gasteiger partial charge is 0.337 e. The molecule has 0 saturated carbocycles. The van der Waals surface area contributed by atoms with E-state index in [0.717, 1.165) is 25.6 Å². The second-order valence-corrected chi connectivity index (χ2v) is 8.48. The van der Waals surface area contributed by atoms with Crippen molar-refractivity contribution in [3.63, 3.8) is 0 Å². The zero-order valence-electron chi connectivity index (χ0n) is 15.2. The van der Waals surface area contributed by atoms with Gasteiger partial charge < -0.3 is 15.1 Å². The van der Waals surface area contributed by atoms with E-state index in [2.05, 4.69) is 10.0 Å². The SMILES string of the molecule is CS(=O)(=O)Nc1ccccc1C(=O)N1CCCC(N2CCNCC2=O)C1.Cl. The minimum absolute atomic E-state index is 0. The highest BCUT2D eigenvalue weighted by Crippen LogP contribution is 2.23. The number of likely N-dealkylation sites (tertiary alicyclic amines) is 1. The molecule has 1 aromatic rings. The number of piperidine rings is 1. The molecule has 10 heteroatoms. The molecule has 150 valence electrons. The third-order valence-electron chi connectivity index (χ3n) is 4.70. The van der Waals surface area contributed by atoms with Crippen molar-refractivity contribution < 1.29 is 18.0 Å². The second-order valence-electron chi connectivity index (χ2n) is 6.73. The monoisotopic (exact) mass is 416 g/mol. The van der Waals surface area contributed by atoms with Crippen LogP contribution in [0, 0.1) is 0 Å². The van der Waals surface area contributed by atoms with Crippen molar-refractivity contribution in [2.75, 3.05) is 43.7 Å². The van der Waals surface area contributed by atoms with Crippen molar-refractivity contribution in [2.24, 2.45) is 0 Å². The molecule has 2 heterocycles. The average Bonchev–Trinajstić information content (AvgIpc) is 2.61. The number of nitrogens with zero attached hydrogens (tertiary/aromatic N) is 2. The number of amides is 2. The van der Waals surface area contributed by atoms with Gasteiger partial charge in [0.1, 0.15) is 0 Å². The first-order chi connectivity index (χ1) is 12.3. The van der Waals surface area contributed by atoms with E-state index in [1.54, 1.807) is 29.2 Å². The van der Waals surface area contributed by atoms with Crippen molar-refractivity contribution >= 4 is 39.9 Å². The summed E-state index contributed by atoms with van der Waals surface area (Å²) < 4.78 is 25.5. The van der Waals surface area contributed by atoms with E-state index >= 15 is 0 Å². The van der Waals surface area contributed by atoms with Gasteiger partial charge in [0.05, 0.1) is 24.1 Å². The molecule has 2 fully saturated rings. The van der Waals surface area contributed by atoms with E-state index < -0.39 is 10.0 Å². The van der Waals surface area contributed by atoms with Crippen LogP contribution >= 0.6 is 12.4 Å². The molecule has 2 aliphatic heterocycles. The third kappa shape index (κ3) is 5.33. The number of nitrogens with one attached hydrogen (secondary N) is 2. The zero-order valence-corrected chi connectivity index (χ0v) is 16.8. The van der Waals surface area contributed by atoms with E-state index in [0.29, 0.717) is 31.7 Å². The van der Waals surface area contributed by atoms with E-state index in [1.807, 2.05) is 4.90 Å². The van der Waals surface area contributed by atoms with Gasteiger partial charge in [0, 0.05) is 32.2 Å². The van der Waals surface area contributed by atoms with Gasteiger partial charge in [0.2, 0.25) is 15.9 Å². The number of benzene rings is 1. The van der Waals surface area contributed by atoms with Crippen LogP contribution in [-0.2, 0) is 14.8 Å². The first-order valence-corrected chi connectivity index (χ1v) is 10.6. The number of hydrogen-bond donors (Lipinski definition) is 2. The number of piperazine rings is 1. The predicted molar refractivity (Wildman–Crippen MR) is 106 cm³/mol. The van der Waals surface area contributed by atoms with E-state index in [1.165, 1.54) is 0 Å². The fraction of sp³-hybridized carbons (Fsp3) is 0.529. The molecule has 0 radical (unpaired) electrons. The van der Waals surface area contributed by atoms with Gasteiger partial charge in [-0.3, -0.25) is 14.3 Å². The van der Waals surface area contributed by atoms with Crippen molar-refractivity contribution in [3.05, 3.63) is 29.8 Å². The Balaban J connectivity index is 0.00000261. The van der Waals surface area contributed by atoms with Gasteiger partial charge in [-0.25, -0.2) is 8.42 Å². The number of anilines is 1. The Kier molecular flexibility index (Phi) is 7.07. The Hall–Kier alpha value is -1.84. The molecular formula is C17H25ClN4O4S. The van der Waals surface area contributed by atoms with Gasteiger partial charge in [-0.1, -0.05) is 12.1 Å². The number of sulfonamides is 1. The Morgan fingerprint density at radius 2 is 2.00 bits per heavy atom. The number of halogens is 1. The molecule has 27 heavy (non-hydrogen) atoms. The molecular weight excluding hydrogens is 392 g/mol. The van der Waals surface area contributed by atoms with Crippen LogP contribution in [0.15, 0.2) is 24.3 Å². The Labute approximate surface area is 165 Å². The van der Waals surface area contributed by atoms with Crippen molar-refractivity contribution in [2.45, 2.75) is 18.9 Å². The maximum atomic E-state index is 13.0. The lowest BCUT2D eigenvalue weighted by molar-refractivity contribution is -0.135. The molecule has 1 aromatic carbocycles. The second kappa shape index (κ2) is 8.90. The van der Waals surface area contributed by atoms with Crippen molar-refractivity contribution in [3.8, 4) is 0 Å². The highest BCUT2D eigenvalue weighted by atomic mass is 35.5. The molecule has 1 atom stereocenters. The molecule has 8 nitrogen and oxygen atoms in total. The van der Waals surface area contributed by atoms with Crippen LogP contribution in [-0.4, -0.2) is 75.1 Å². The van der Waals surface area contributed by atoms with Crippen LogP contribution in [0.1, 0.15) is 23.2 Å². The molecule has 2 amide bonds. The quantitative estimate of drug-likeness (QED) is 0.745. The summed E-state index contributed by atoms with van der Waals surface area (Å²) in [7, 11) is -3.48. The summed E-state index contributed by atoms with van der Waals surface area (Å²) in [6, 6.07) is 6.60. The van der Waals surface area contributed by atoms with E-state index in [9.17, 15) is 18.0 Å². The summed E-state index contributed by atoms with van der Waals surface area (Å²) >= 11 is 0. The summed E-state index contributed by atoms with van der Waals surface area (Å²) in [6.45, 7) is 2.82. The maximum absolute atomic E-state index is 13.0. The topological polar surface area (TPSA) is 98.8 Å². The lowest BCUT2D eigenvalue weighted by atomic mass is 10.0.